The second-order valence-corrected chi connectivity index (χ2v) is 4.39. The highest BCUT2D eigenvalue weighted by molar-refractivity contribution is 6.34. The van der Waals surface area contributed by atoms with Crippen LogP contribution >= 0.6 is 24.0 Å². The van der Waals surface area contributed by atoms with Crippen LogP contribution < -0.4 is 11.5 Å². The number of unbranched alkanes of at least 4 members (excludes halogenated alkanes) is 1. The van der Waals surface area contributed by atoms with Gasteiger partial charge in [0.25, 0.3) is 0 Å². The number of rotatable bonds is 6. The molecule has 0 aliphatic heterocycles. The molecule has 0 saturated heterocycles. The number of carbonyl (C=O) groups is 1. The van der Waals surface area contributed by atoms with E-state index >= 15 is 0 Å². The quantitative estimate of drug-likeness (QED) is 0.427. The summed E-state index contributed by atoms with van der Waals surface area (Å²) in [4.78, 5) is 10.6. The van der Waals surface area contributed by atoms with E-state index in [0.717, 1.165) is 0 Å². The van der Waals surface area contributed by atoms with Crippen molar-refractivity contribution in [3.8, 4) is 0 Å². The summed E-state index contributed by atoms with van der Waals surface area (Å²) in [7, 11) is 0. The van der Waals surface area contributed by atoms with E-state index in [1.807, 2.05) is 0 Å². The molecule has 0 radical (unpaired) electrons. The SMILES string of the molecule is Cl.N=C(N)c1c(Cl)ccc(CCCCC(N)=O)c1F. The van der Waals surface area contributed by atoms with E-state index in [1.54, 1.807) is 6.07 Å². The van der Waals surface area contributed by atoms with Crippen LogP contribution in [0.3, 0.4) is 0 Å². The molecule has 0 bridgehead atoms. The van der Waals surface area contributed by atoms with Gasteiger partial charge in [0.1, 0.15) is 11.7 Å². The summed E-state index contributed by atoms with van der Waals surface area (Å²) in [6.07, 6.45) is 1.98. The first-order chi connectivity index (χ1) is 8.43. The van der Waals surface area contributed by atoms with Crippen LogP contribution in [0.15, 0.2) is 12.1 Å². The number of nitrogens with one attached hydrogen (secondary N) is 1. The molecule has 106 valence electrons. The number of aryl methyl sites for hydroxylation is 1. The van der Waals surface area contributed by atoms with Crippen molar-refractivity contribution in [3.05, 3.63) is 34.1 Å². The molecule has 0 spiro atoms. The molecule has 1 aromatic rings. The van der Waals surface area contributed by atoms with Crippen molar-refractivity contribution in [2.45, 2.75) is 25.7 Å². The Hall–Kier alpha value is -1.33. The topological polar surface area (TPSA) is 93.0 Å². The van der Waals surface area contributed by atoms with Gasteiger partial charge in [0.15, 0.2) is 0 Å². The second-order valence-electron chi connectivity index (χ2n) is 3.98. The van der Waals surface area contributed by atoms with E-state index < -0.39 is 11.7 Å². The average Bonchev–Trinajstić information content (AvgIpc) is 2.26. The summed E-state index contributed by atoms with van der Waals surface area (Å²) < 4.78 is 14.0. The molecular weight excluding hydrogens is 292 g/mol. The zero-order chi connectivity index (χ0) is 13.7. The Bertz CT molecular complexity index is 480. The molecule has 0 aromatic heterocycles. The fraction of sp³-hybridized carbons (Fsp3) is 0.333. The predicted molar refractivity (Wildman–Crippen MR) is 76.4 cm³/mol. The molecule has 0 atom stereocenters. The normalized spacial score (nSPS) is 9.79. The van der Waals surface area contributed by atoms with Crippen molar-refractivity contribution in [3.63, 3.8) is 0 Å². The minimum Gasteiger partial charge on any atom is -0.384 e. The van der Waals surface area contributed by atoms with Gasteiger partial charge in [0.05, 0.1) is 10.6 Å². The van der Waals surface area contributed by atoms with Crippen LogP contribution in [0, 0.1) is 11.2 Å². The van der Waals surface area contributed by atoms with Crippen LogP contribution in [0.5, 0.6) is 0 Å². The number of benzene rings is 1. The maximum Gasteiger partial charge on any atom is 0.217 e. The Morgan fingerprint density at radius 1 is 1.32 bits per heavy atom. The fourth-order valence-corrected chi connectivity index (χ4v) is 1.90. The largest absolute Gasteiger partial charge is 0.384 e. The summed E-state index contributed by atoms with van der Waals surface area (Å²) in [6.45, 7) is 0. The lowest BCUT2D eigenvalue weighted by molar-refractivity contribution is -0.118. The first-order valence-electron chi connectivity index (χ1n) is 5.53. The zero-order valence-corrected chi connectivity index (χ0v) is 11.8. The number of carbonyl (C=O) groups excluding carboxylic acids is 1. The molecule has 0 heterocycles. The zero-order valence-electron chi connectivity index (χ0n) is 10.2. The Morgan fingerprint density at radius 3 is 2.47 bits per heavy atom. The Labute approximate surface area is 122 Å². The molecule has 0 fully saturated rings. The van der Waals surface area contributed by atoms with Crippen molar-refractivity contribution in [2.75, 3.05) is 0 Å². The highest BCUT2D eigenvalue weighted by Crippen LogP contribution is 2.23. The van der Waals surface area contributed by atoms with Crippen molar-refractivity contribution in [1.29, 1.82) is 5.41 Å². The third-order valence-corrected chi connectivity index (χ3v) is 2.87. The number of hydrogen-bond acceptors (Lipinski definition) is 2. The number of amidine groups is 1. The number of nitrogen functional groups attached to an aromatic ring is 1. The Balaban J connectivity index is 0.00000324. The molecule has 0 aliphatic carbocycles. The molecular formula is C12H16Cl2FN3O. The molecule has 4 nitrogen and oxygen atoms in total. The average molecular weight is 308 g/mol. The molecule has 1 amide bonds. The van der Waals surface area contributed by atoms with E-state index in [2.05, 4.69) is 0 Å². The predicted octanol–water partition coefficient (Wildman–Crippen LogP) is 2.38. The first kappa shape index (κ1) is 17.7. The van der Waals surface area contributed by atoms with Crippen LogP contribution in [-0.4, -0.2) is 11.7 Å². The van der Waals surface area contributed by atoms with E-state index in [-0.39, 0.29) is 35.3 Å². The standard InChI is InChI=1S/C12H15ClFN3O.ClH/c13-8-6-5-7(3-1-2-4-9(15)18)11(14)10(8)12(16)17;/h5-6H,1-4H2,(H2,15,18)(H3,16,17);1H. The molecule has 1 aromatic carbocycles. The summed E-state index contributed by atoms with van der Waals surface area (Å²) in [6, 6.07) is 3.08. The van der Waals surface area contributed by atoms with Crippen LogP contribution in [0.4, 0.5) is 4.39 Å². The van der Waals surface area contributed by atoms with Gasteiger partial charge in [-0.25, -0.2) is 4.39 Å². The third kappa shape index (κ3) is 5.04. The lowest BCUT2D eigenvalue weighted by Crippen LogP contribution is -2.15. The Kier molecular flexibility index (Phi) is 7.41. The van der Waals surface area contributed by atoms with Crippen molar-refractivity contribution in [2.24, 2.45) is 11.5 Å². The maximum atomic E-state index is 14.0. The number of hydrogen-bond donors (Lipinski definition) is 3. The van der Waals surface area contributed by atoms with Crippen LogP contribution in [-0.2, 0) is 11.2 Å². The highest BCUT2D eigenvalue weighted by atomic mass is 35.5. The van der Waals surface area contributed by atoms with Gasteiger partial charge in [0.2, 0.25) is 5.91 Å². The van der Waals surface area contributed by atoms with E-state index in [1.165, 1.54) is 6.07 Å². The fourth-order valence-electron chi connectivity index (χ4n) is 1.65. The van der Waals surface area contributed by atoms with Crippen molar-refractivity contribution >= 4 is 35.8 Å². The minimum absolute atomic E-state index is 0. The molecule has 1 rings (SSSR count). The van der Waals surface area contributed by atoms with Crippen molar-refractivity contribution in [1.82, 2.24) is 0 Å². The number of nitrogens with two attached hydrogens (primary N) is 2. The molecule has 0 aliphatic rings. The molecule has 0 unspecified atom stereocenters. The first-order valence-corrected chi connectivity index (χ1v) is 5.91. The monoisotopic (exact) mass is 307 g/mol. The van der Waals surface area contributed by atoms with Gasteiger partial charge in [-0.15, -0.1) is 12.4 Å². The molecule has 7 heteroatoms. The van der Waals surface area contributed by atoms with Crippen molar-refractivity contribution < 1.29 is 9.18 Å². The second kappa shape index (κ2) is 7.96. The number of amides is 1. The van der Waals surface area contributed by atoms with Gasteiger partial charge in [0, 0.05) is 6.42 Å². The van der Waals surface area contributed by atoms with Gasteiger partial charge in [-0.05, 0) is 30.9 Å². The third-order valence-electron chi connectivity index (χ3n) is 2.56. The maximum absolute atomic E-state index is 14.0. The summed E-state index contributed by atoms with van der Waals surface area (Å²) in [5, 5.41) is 7.40. The highest BCUT2D eigenvalue weighted by Gasteiger charge is 2.14. The lowest BCUT2D eigenvalue weighted by Gasteiger charge is -2.09. The van der Waals surface area contributed by atoms with E-state index in [0.29, 0.717) is 24.8 Å². The molecule has 19 heavy (non-hydrogen) atoms. The molecule has 5 N–H and O–H groups in total. The van der Waals surface area contributed by atoms with Gasteiger partial charge in [-0.1, -0.05) is 17.7 Å². The summed E-state index contributed by atoms with van der Waals surface area (Å²) in [5.41, 5.74) is 10.7. The molecule has 0 saturated carbocycles. The van der Waals surface area contributed by atoms with Gasteiger partial charge < -0.3 is 11.5 Å². The minimum atomic E-state index is -0.561. The smallest absolute Gasteiger partial charge is 0.217 e. The number of primary amides is 1. The van der Waals surface area contributed by atoms with Crippen LogP contribution in [0.25, 0.3) is 0 Å². The number of halogens is 3. The Morgan fingerprint density at radius 2 is 1.95 bits per heavy atom. The van der Waals surface area contributed by atoms with E-state index in [9.17, 15) is 9.18 Å². The van der Waals surface area contributed by atoms with E-state index in [4.69, 9.17) is 28.5 Å². The lowest BCUT2D eigenvalue weighted by atomic mass is 10.0. The summed E-state index contributed by atoms with van der Waals surface area (Å²) >= 11 is 5.78. The van der Waals surface area contributed by atoms with Gasteiger partial charge in [-0.3, -0.25) is 10.2 Å². The van der Waals surface area contributed by atoms with Gasteiger partial charge >= 0.3 is 0 Å². The van der Waals surface area contributed by atoms with Gasteiger partial charge in [-0.2, -0.15) is 0 Å². The van der Waals surface area contributed by atoms with Crippen LogP contribution in [0.2, 0.25) is 5.02 Å². The summed E-state index contributed by atoms with van der Waals surface area (Å²) in [5.74, 6) is -1.32. The van der Waals surface area contributed by atoms with Crippen LogP contribution in [0.1, 0.15) is 30.4 Å².